The number of aliphatic hydroxyl groups is 1. The third-order valence-electron chi connectivity index (χ3n) is 11.0. The molecule has 0 radical (unpaired) electrons. The molecule has 12 heteroatoms. The first-order valence-electron chi connectivity index (χ1n) is 19.4. The van der Waals surface area contributed by atoms with Crippen molar-refractivity contribution in [2.24, 2.45) is 29.1 Å². The molecule has 1 aromatic carbocycles. The van der Waals surface area contributed by atoms with Gasteiger partial charge >= 0.3 is 11.9 Å². The van der Waals surface area contributed by atoms with Gasteiger partial charge in [0.05, 0.1) is 29.1 Å². The van der Waals surface area contributed by atoms with Crippen molar-refractivity contribution in [3.05, 3.63) is 41.5 Å². The number of carboxylic acid groups (broad SMARTS) is 1. The monoisotopic (exact) mass is 764 g/mol. The molecule has 0 aromatic heterocycles. The van der Waals surface area contributed by atoms with Crippen molar-refractivity contribution in [1.82, 2.24) is 10.2 Å². The number of aliphatic carboxylic acids is 1. The van der Waals surface area contributed by atoms with Crippen molar-refractivity contribution >= 4 is 41.4 Å². The summed E-state index contributed by atoms with van der Waals surface area (Å²) >= 11 is 1.24. The summed E-state index contributed by atoms with van der Waals surface area (Å²) in [5, 5.41) is 22.7. The fraction of sp³-hybridized carbons (Fsp3) is 0.643. The molecule has 2 saturated carbocycles. The molecule has 1 aromatic rings. The first-order valence-corrected chi connectivity index (χ1v) is 20.4. The fourth-order valence-electron chi connectivity index (χ4n) is 8.27. The van der Waals surface area contributed by atoms with Gasteiger partial charge in [-0.1, -0.05) is 64.8 Å². The smallest absolute Gasteiger partial charge is 0.310 e. The number of esters is 1. The molecule has 1 saturated heterocycles. The van der Waals surface area contributed by atoms with Crippen LogP contribution >= 0.6 is 11.8 Å². The first kappa shape index (κ1) is 41.3. The maximum atomic E-state index is 13.9. The molecule has 2 heterocycles. The van der Waals surface area contributed by atoms with E-state index >= 15 is 0 Å². The van der Waals surface area contributed by atoms with Gasteiger partial charge in [0, 0.05) is 55.5 Å². The van der Waals surface area contributed by atoms with Gasteiger partial charge in [0.25, 0.3) is 0 Å². The zero-order valence-corrected chi connectivity index (χ0v) is 33.0. The maximum absolute atomic E-state index is 13.9. The Labute approximate surface area is 323 Å². The molecule has 3 unspecified atom stereocenters. The Morgan fingerprint density at radius 3 is 2.61 bits per heavy atom. The van der Waals surface area contributed by atoms with Crippen LogP contribution < -0.4 is 10.1 Å². The minimum Gasteiger partial charge on any atom is -0.489 e. The van der Waals surface area contributed by atoms with Crippen LogP contribution in [0.15, 0.2) is 30.4 Å². The number of para-hydroxylation sites is 1. The molecule has 3 N–H and O–H groups in total. The molecule has 294 valence electrons. The average molecular weight is 765 g/mol. The Hall–Kier alpha value is -3.82. The lowest BCUT2D eigenvalue weighted by Gasteiger charge is -2.31. The van der Waals surface area contributed by atoms with Crippen LogP contribution in [-0.2, 0) is 35.1 Å². The highest BCUT2D eigenvalue weighted by Gasteiger charge is 2.49. The summed E-state index contributed by atoms with van der Waals surface area (Å²) in [6.07, 6.45) is 7.18. The Bertz CT molecular complexity index is 1660. The Morgan fingerprint density at radius 1 is 1.17 bits per heavy atom. The number of likely N-dealkylation sites (tertiary alicyclic amines) is 1. The minimum absolute atomic E-state index is 0.0788. The van der Waals surface area contributed by atoms with E-state index in [0.717, 1.165) is 29.7 Å². The predicted molar refractivity (Wildman–Crippen MR) is 205 cm³/mol. The van der Waals surface area contributed by atoms with Crippen molar-refractivity contribution < 1.29 is 43.7 Å². The van der Waals surface area contributed by atoms with Crippen LogP contribution in [0.5, 0.6) is 5.75 Å². The number of carbonyl (C=O) groups is 5. The van der Waals surface area contributed by atoms with Crippen molar-refractivity contribution in [3.63, 3.8) is 0 Å². The van der Waals surface area contributed by atoms with Gasteiger partial charge in [-0.25, -0.2) is 0 Å². The lowest BCUT2D eigenvalue weighted by molar-refractivity contribution is -0.159. The highest BCUT2D eigenvalue weighted by Crippen LogP contribution is 2.52. The van der Waals surface area contributed by atoms with Crippen LogP contribution in [0.3, 0.4) is 0 Å². The molecule has 9 atom stereocenters. The Balaban J connectivity index is 1.24. The van der Waals surface area contributed by atoms with Crippen molar-refractivity contribution in [3.8, 4) is 17.6 Å². The zero-order chi connectivity index (χ0) is 39.2. The largest absolute Gasteiger partial charge is 0.489 e. The number of rotatable bonds is 15. The molecular weight excluding hydrogens is 709 g/mol. The number of fused-ring (bicyclic) bond motifs is 3. The highest BCUT2D eigenvalue weighted by atomic mass is 32.2. The number of nitrogens with zero attached hydrogens (tertiary/aromatic N) is 1. The molecule has 0 spiro atoms. The fourth-order valence-corrected chi connectivity index (χ4v) is 9.23. The number of imide groups is 1. The van der Waals surface area contributed by atoms with Gasteiger partial charge in [-0.2, -0.15) is 0 Å². The molecule has 2 aliphatic heterocycles. The summed E-state index contributed by atoms with van der Waals surface area (Å²) in [5.41, 5.74) is 1.75. The normalized spacial score (nSPS) is 27.4. The van der Waals surface area contributed by atoms with Crippen LogP contribution in [-0.4, -0.2) is 80.8 Å². The standard InChI is InChI=1S/C42H56N2O9S/c1-6-7-12-25(2)32(20-19-29-31(45)21-33-37(29)30-17-10-13-26(38(30)52-33)14-11-18-36(47)48)53-41(51)28-16-9-8-15-27(28)39(49)43-24-54-34-22-35(46)44(40(34)50)23-42(3,4)5/h10,13,17,19-20,25,27-29,31-34,37,45H,8-9,11-12,14-16,18,21-24H2,1-5H3,(H,43,49)(H,47,48)/b20-19+/t25-,27?,28?,29-,31+,32+,33-,34?,37-/m0/s1. The van der Waals surface area contributed by atoms with E-state index in [2.05, 4.69) is 17.2 Å². The second-order valence-electron chi connectivity index (χ2n) is 16.5. The van der Waals surface area contributed by atoms with E-state index in [4.69, 9.17) is 14.6 Å². The van der Waals surface area contributed by atoms with Gasteiger partial charge in [-0.15, -0.1) is 23.6 Å². The van der Waals surface area contributed by atoms with Crippen LogP contribution in [0.2, 0.25) is 0 Å². The third kappa shape index (κ3) is 10.1. The number of aliphatic hydroxyl groups excluding tert-OH is 1. The molecule has 11 nitrogen and oxygen atoms in total. The van der Waals surface area contributed by atoms with Crippen LogP contribution in [0.4, 0.5) is 0 Å². The summed E-state index contributed by atoms with van der Waals surface area (Å²) in [4.78, 5) is 65.3. The number of aryl methyl sites for hydroxylation is 1. The maximum Gasteiger partial charge on any atom is 0.310 e. The van der Waals surface area contributed by atoms with E-state index in [1.807, 2.05) is 58.0 Å². The summed E-state index contributed by atoms with van der Waals surface area (Å²) < 4.78 is 12.6. The predicted octanol–water partition coefficient (Wildman–Crippen LogP) is 5.62. The van der Waals surface area contributed by atoms with Crippen molar-refractivity contribution in [1.29, 1.82) is 0 Å². The number of carboxylic acids is 1. The summed E-state index contributed by atoms with van der Waals surface area (Å²) in [6, 6.07) is 5.93. The van der Waals surface area contributed by atoms with Crippen molar-refractivity contribution in [2.75, 3.05) is 12.4 Å². The summed E-state index contributed by atoms with van der Waals surface area (Å²) in [5.74, 6) is 3.26. The highest BCUT2D eigenvalue weighted by molar-refractivity contribution is 8.00. The number of thioether (sulfide) groups is 1. The molecule has 5 rings (SSSR count). The number of nitrogens with one attached hydrogen (secondary N) is 1. The van der Waals surface area contributed by atoms with E-state index < -0.39 is 41.2 Å². The number of carbonyl (C=O) groups excluding carboxylic acids is 4. The summed E-state index contributed by atoms with van der Waals surface area (Å²) in [6.45, 7) is 10.0. The lowest BCUT2D eigenvalue weighted by atomic mass is 9.78. The van der Waals surface area contributed by atoms with E-state index in [0.29, 0.717) is 45.1 Å². The minimum atomic E-state index is -0.833. The van der Waals surface area contributed by atoms with Gasteiger partial charge < -0.3 is 25.0 Å². The van der Waals surface area contributed by atoms with Crippen LogP contribution in [0.1, 0.15) is 109 Å². The Morgan fingerprint density at radius 2 is 1.91 bits per heavy atom. The van der Waals surface area contributed by atoms with Crippen molar-refractivity contribution in [2.45, 2.75) is 128 Å². The molecule has 2 aliphatic carbocycles. The van der Waals surface area contributed by atoms with Crippen LogP contribution in [0.25, 0.3) is 0 Å². The molecule has 4 aliphatic rings. The molecule has 54 heavy (non-hydrogen) atoms. The van der Waals surface area contributed by atoms with Gasteiger partial charge in [0.2, 0.25) is 17.7 Å². The molecule has 0 bridgehead atoms. The van der Waals surface area contributed by atoms with Gasteiger partial charge in [0.15, 0.2) is 0 Å². The number of hydrogen-bond acceptors (Lipinski definition) is 9. The lowest BCUT2D eigenvalue weighted by Crippen LogP contribution is -2.42. The van der Waals surface area contributed by atoms with E-state index in [-0.39, 0.29) is 65.7 Å². The SMILES string of the molecule is CC#CC[C@H](C)[C@@H](/C=C/[C@@H]1[C@H]2c3cccc(CCCC(=O)O)c3O[C@H]2C[C@H]1O)OC(=O)C1CCCCC1C(=O)NCSC1CC(=O)N(CC(C)(C)C)C1=O. The quantitative estimate of drug-likeness (QED) is 0.0673. The number of ether oxygens (including phenoxy) is 2. The summed E-state index contributed by atoms with van der Waals surface area (Å²) in [7, 11) is 0. The topological polar surface area (TPSA) is 160 Å². The Kier molecular flexibility index (Phi) is 13.9. The third-order valence-corrected chi connectivity index (χ3v) is 12.1. The number of amides is 3. The van der Waals surface area contributed by atoms with E-state index in [1.165, 1.54) is 16.7 Å². The van der Waals surface area contributed by atoms with Crippen LogP contribution in [0, 0.1) is 40.9 Å². The van der Waals surface area contributed by atoms with E-state index in [9.17, 15) is 29.1 Å². The first-order chi connectivity index (χ1) is 25.7. The average Bonchev–Trinajstić information content (AvgIpc) is 3.72. The van der Waals surface area contributed by atoms with E-state index in [1.54, 1.807) is 6.92 Å². The van der Waals surface area contributed by atoms with Gasteiger partial charge in [-0.05, 0) is 49.7 Å². The second-order valence-corrected chi connectivity index (χ2v) is 17.7. The second kappa shape index (κ2) is 18.2. The number of benzene rings is 1. The molecule has 3 fully saturated rings. The zero-order valence-electron chi connectivity index (χ0n) is 32.2. The molecular formula is C42H56N2O9S. The van der Waals surface area contributed by atoms with Gasteiger partial charge in [-0.3, -0.25) is 28.9 Å². The number of hydrogen-bond donors (Lipinski definition) is 3. The molecule has 3 amide bonds. The van der Waals surface area contributed by atoms with Gasteiger partial charge in [0.1, 0.15) is 18.0 Å².